The van der Waals surface area contributed by atoms with Gasteiger partial charge in [0.25, 0.3) is 0 Å². The van der Waals surface area contributed by atoms with Crippen LogP contribution in [0.15, 0.2) is 22.7 Å². The lowest BCUT2D eigenvalue weighted by molar-refractivity contribution is -0.118. The standard InChI is InChI=1S/C12H13BrN2O/c1-9(16)15-7-3-2-4-10-5-6-11(13)8-12(10)14/h5-6,8H,3,7,14H2,1H3,(H,15,16). The minimum absolute atomic E-state index is 0.0371. The Hall–Kier alpha value is -1.47. The van der Waals surface area contributed by atoms with Crippen LogP contribution in [0.3, 0.4) is 0 Å². The molecule has 1 aromatic carbocycles. The molecule has 1 aromatic rings. The summed E-state index contributed by atoms with van der Waals surface area (Å²) in [6, 6.07) is 5.58. The van der Waals surface area contributed by atoms with E-state index in [1.807, 2.05) is 18.2 Å². The molecule has 0 saturated carbocycles. The predicted molar refractivity (Wildman–Crippen MR) is 68.7 cm³/mol. The molecule has 0 aliphatic carbocycles. The van der Waals surface area contributed by atoms with E-state index in [-0.39, 0.29) is 5.91 Å². The van der Waals surface area contributed by atoms with E-state index >= 15 is 0 Å². The van der Waals surface area contributed by atoms with Gasteiger partial charge in [-0.15, -0.1) is 0 Å². The van der Waals surface area contributed by atoms with Gasteiger partial charge in [-0.25, -0.2) is 0 Å². The molecule has 0 radical (unpaired) electrons. The van der Waals surface area contributed by atoms with Crippen LogP contribution in [0.1, 0.15) is 18.9 Å². The van der Waals surface area contributed by atoms with E-state index in [9.17, 15) is 4.79 Å². The molecule has 3 nitrogen and oxygen atoms in total. The molecule has 0 atom stereocenters. The first-order chi connectivity index (χ1) is 7.59. The average Bonchev–Trinajstić information content (AvgIpc) is 2.20. The van der Waals surface area contributed by atoms with E-state index < -0.39 is 0 Å². The van der Waals surface area contributed by atoms with E-state index in [2.05, 4.69) is 33.1 Å². The Morgan fingerprint density at radius 2 is 2.31 bits per heavy atom. The maximum Gasteiger partial charge on any atom is 0.216 e. The number of nitrogens with one attached hydrogen (secondary N) is 1. The Labute approximate surface area is 104 Å². The number of carbonyl (C=O) groups is 1. The van der Waals surface area contributed by atoms with Crippen LogP contribution in [0, 0.1) is 11.8 Å². The number of hydrogen-bond acceptors (Lipinski definition) is 2. The minimum atomic E-state index is -0.0371. The van der Waals surface area contributed by atoms with Gasteiger partial charge in [0.05, 0.1) is 0 Å². The van der Waals surface area contributed by atoms with Crippen molar-refractivity contribution in [3.8, 4) is 11.8 Å². The third kappa shape index (κ3) is 4.37. The third-order valence-corrected chi connectivity index (χ3v) is 2.35. The molecular weight excluding hydrogens is 268 g/mol. The summed E-state index contributed by atoms with van der Waals surface area (Å²) in [6.45, 7) is 2.05. The molecule has 0 aromatic heterocycles. The van der Waals surface area contributed by atoms with Crippen LogP contribution in [0.5, 0.6) is 0 Å². The van der Waals surface area contributed by atoms with Crippen molar-refractivity contribution in [1.29, 1.82) is 0 Å². The molecule has 4 heteroatoms. The molecule has 0 fully saturated rings. The van der Waals surface area contributed by atoms with Crippen LogP contribution >= 0.6 is 15.9 Å². The van der Waals surface area contributed by atoms with E-state index in [0.717, 1.165) is 10.0 Å². The van der Waals surface area contributed by atoms with Gasteiger partial charge < -0.3 is 11.1 Å². The number of anilines is 1. The highest BCUT2D eigenvalue weighted by molar-refractivity contribution is 9.10. The van der Waals surface area contributed by atoms with Crippen molar-refractivity contribution < 1.29 is 4.79 Å². The summed E-state index contributed by atoms with van der Waals surface area (Å²) in [7, 11) is 0. The summed E-state index contributed by atoms with van der Waals surface area (Å²) in [5.41, 5.74) is 7.25. The maximum atomic E-state index is 10.6. The summed E-state index contributed by atoms with van der Waals surface area (Å²) in [4.78, 5) is 10.6. The van der Waals surface area contributed by atoms with E-state index in [4.69, 9.17) is 5.73 Å². The van der Waals surface area contributed by atoms with Crippen molar-refractivity contribution in [2.75, 3.05) is 12.3 Å². The van der Waals surface area contributed by atoms with Gasteiger partial charge in [-0.2, -0.15) is 0 Å². The van der Waals surface area contributed by atoms with E-state index in [0.29, 0.717) is 18.7 Å². The lowest BCUT2D eigenvalue weighted by Crippen LogP contribution is -2.20. The zero-order valence-electron chi connectivity index (χ0n) is 9.01. The van der Waals surface area contributed by atoms with Gasteiger partial charge in [-0.1, -0.05) is 27.8 Å². The highest BCUT2D eigenvalue weighted by atomic mass is 79.9. The van der Waals surface area contributed by atoms with Crippen LogP contribution < -0.4 is 11.1 Å². The summed E-state index contributed by atoms with van der Waals surface area (Å²) in [6.07, 6.45) is 0.620. The van der Waals surface area contributed by atoms with Crippen LogP contribution in [-0.4, -0.2) is 12.5 Å². The quantitative estimate of drug-likeness (QED) is 0.494. The first kappa shape index (κ1) is 12.6. The molecule has 0 bridgehead atoms. The number of rotatable bonds is 2. The van der Waals surface area contributed by atoms with Crippen molar-refractivity contribution in [3.63, 3.8) is 0 Å². The number of nitrogens with two attached hydrogens (primary N) is 1. The zero-order chi connectivity index (χ0) is 12.0. The van der Waals surface area contributed by atoms with Gasteiger partial charge in [0.1, 0.15) is 0 Å². The van der Waals surface area contributed by atoms with Gasteiger partial charge in [0.2, 0.25) is 5.91 Å². The van der Waals surface area contributed by atoms with E-state index in [1.54, 1.807) is 0 Å². The summed E-state index contributed by atoms with van der Waals surface area (Å²) in [5.74, 6) is 5.89. The second-order valence-electron chi connectivity index (χ2n) is 3.27. The van der Waals surface area contributed by atoms with Gasteiger partial charge >= 0.3 is 0 Å². The Morgan fingerprint density at radius 3 is 2.94 bits per heavy atom. The summed E-state index contributed by atoms with van der Waals surface area (Å²) in [5, 5.41) is 2.68. The fourth-order valence-electron chi connectivity index (χ4n) is 1.11. The van der Waals surface area contributed by atoms with Crippen molar-refractivity contribution in [2.24, 2.45) is 0 Å². The molecule has 0 heterocycles. The maximum absolute atomic E-state index is 10.6. The SMILES string of the molecule is CC(=O)NCCC#Cc1ccc(Br)cc1N. The molecule has 84 valence electrons. The average molecular weight is 281 g/mol. The molecule has 0 aliphatic rings. The molecule has 1 amide bonds. The molecule has 0 aliphatic heterocycles. The van der Waals surface area contributed by atoms with Crippen molar-refractivity contribution in [2.45, 2.75) is 13.3 Å². The van der Waals surface area contributed by atoms with Crippen molar-refractivity contribution in [1.82, 2.24) is 5.32 Å². The Balaban J connectivity index is 2.53. The largest absolute Gasteiger partial charge is 0.398 e. The van der Waals surface area contributed by atoms with Crippen LogP contribution in [0.4, 0.5) is 5.69 Å². The highest BCUT2D eigenvalue weighted by Crippen LogP contribution is 2.17. The smallest absolute Gasteiger partial charge is 0.216 e. The zero-order valence-corrected chi connectivity index (χ0v) is 10.6. The Bertz CT molecular complexity index is 446. The number of nitrogen functional groups attached to an aromatic ring is 1. The summed E-state index contributed by atoms with van der Waals surface area (Å²) < 4.78 is 0.939. The Morgan fingerprint density at radius 1 is 1.56 bits per heavy atom. The predicted octanol–water partition coefficient (Wildman–Crippen LogP) is 1.91. The van der Waals surface area contributed by atoms with Gasteiger partial charge in [0.15, 0.2) is 0 Å². The van der Waals surface area contributed by atoms with Gasteiger partial charge in [-0.05, 0) is 18.2 Å². The van der Waals surface area contributed by atoms with Crippen molar-refractivity contribution in [3.05, 3.63) is 28.2 Å². The van der Waals surface area contributed by atoms with Crippen molar-refractivity contribution >= 4 is 27.5 Å². The first-order valence-electron chi connectivity index (χ1n) is 4.88. The second-order valence-corrected chi connectivity index (χ2v) is 4.18. The number of halogens is 1. The number of amides is 1. The molecule has 0 unspecified atom stereocenters. The van der Waals surface area contributed by atoms with Crippen LogP contribution in [0.25, 0.3) is 0 Å². The molecule has 0 saturated heterocycles. The molecule has 0 spiro atoms. The number of benzene rings is 1. The number of carbonyl (C=O) groups excluding carboxylic acids is 1. The van der Waals surface area contributed by atoms with Crippen LogP contribution in [0.2, 0.25) is 0 Å². The molecular formula is C12H13BrN2O. The highest BCUT2D eigenvalue weighted by Gasteiger charge is 1.95. The molecule has 3 N–H and O–H groups in total. The fourth-order valence-corrected chi connectivity index (χ4v) is 1.48. The normalized spacial score (nSPS) is 9.12. The molecule has 16 heavy (non-hydrogen) atoms. The second kappa shape index (κ2) is 6.19. The van der Waals surface area contributed by atoms with E-state index in [1.165, 1.54) is 6.92 Å². The monoisotopic (exact) mass is 280 g/mol. The first-order valence-corrected chi connectivity index (χ1v) is 5.67. The number of hydrogen-bond donors (Lipinski definition) is 2. The van der Waals surface area contributed by atoms with Gasteiger partial charge in [0, 0.05) is 35.6 Å². The summed E-state index contributed by atoms with van der Waals surface area (Å²) >= 11 is 3.33. The van der Waals surface area contributed by atoms with Gasteiger partial charge in [-0.3, -0.25) is 4.79 Å². The lowest BCUT2D eigenvalue weighted by Gasteiger charge is -1.98. The van der Waals surface area contributed by atoms with Crippen LogP contribution in [-0.2, 0) is 4.79 Å². The fraction of sp³-hybridized carbons (Fsp3) is 0.250. The third-order valence-electron chi connectivity index (χ3n) is 1.86. The minimum Gasteiger partial charge on any atom is -0.398 e. The Kier molecular flexibility index (Phi) is 4.87. The lowest BCUT2D eigenvalue weighted by atomic mass is 10.2. The molecule has 1 rings (SSSR count). The topological polar surface area (TPSA) is 55.1 Å².